The smallest absolute Gasteiger partial charge is 0.162 e. The fourth-order valence-electron chi connectivity index (χ4n) is 1.95. The maximum Gasteiger partial charge on any atom is 0.162 e. The molecule has 2 aromatic heterocycles. The van der Waals surface area contributed by atoms with Crippen LogP contribution in [-0.2, 0) is 0 Å². The first kappa shape index (κ1) is 15.4. The van der Waals surface area contributed by atoms with E-state index in [4.69, 9.17) is 16.3 Å². The number of rotatable bonds is 5. The molecule has 0 aliphatic heterocycles. The molecule has 2 heterocycles. The molecule has 23 heavy (non-hydrogen) atoms. The van der Waals surface area contributed by atoms with E-state index in [-0.39, 0.29) is 0 Å². The second kappa shape index (κ2) is 7.15. The summed E-state index contributed by atoms with van der Waals surface area (Å²) >= 11 is 5.88. The van der Waals surface area contributed by atoms with Gasteiger partial charge < -0.3 is 4.74 Å². The van der Waals surface area contributed by atoms with E-state index in [0.717, 1.165) is 17.5 Å². The van der Waals surface area contributed by atoms with Gasteiger partial charge in [-0.2, -0.15) is 0 Å². The van der Waals surface area contributed by atoms with E-state index in [2.05, 4.69) is 26.9 Å². The molecule has 6 heteroatoms. The van der Waals surface area contributed by atoms with Crippen LogP contribution >= 0.6 is 11.6 Å². The van der Waals surface area contributed by atoms with Crippen molar-refractivity contribution in [1.82, 2.24) is 19.9 Å². The number of nitrogens with zero attached hydrogens (tertiary/aromatic N) is 4. The molecule has 5 nitrogen and oxygen atoms in total. The summed E-state index contributed by atoms with van der Waals surface area (Å²) in [5.41, 5.74) is 1.66. The molecule has 0 aliphatic rings. The zero-order valence-corrected chi connectivity index (χ0v) is 13.4. The minimum absolute atomic E-state index is 0.566. The molecule has 0 N–H and O–H groups in total. The summed E-state index contributed by atoms with van der Waals surface area (Å²) in [7, 11) is 0. The predicted octanol–water partition coefficient (Wildman–Crippen LogP) is 4.04. The van der Waals surface area contributed by atoms with E-state index in [1.54, 1.807) is 24.8 Å². The maximum atomic E-state index is 5.88. The molecule has 0 radical (unpaired) electrons. The largest absolute Gasteiger partial charge is 0.490 e. The topological polar surface area (TPSA) is 60.8 Å². The van der Waals surface area contributed by atoms with Crippen molar-refractivity contribution in [3.05, 3.63) is 54.1 Å². The molecule has 0 atom stereocenters. The van der Waals surface area contributed by atoms with Crippen LogP contribution in [-0.4, -0.2) is 26.5 Å². The SMILES string of the molecule is CCCOc1cnc(-c2cnc(-c3ccc(Cl)cc3)nc2)nc1. The maximum absolute atomic E-state index is 5.88. The van der Waals surface area contributed by atoms with Crippen LogP contribution in [0.25, 0.3) is 22.8 Å². The van der Waals surface area contributed by atoms with E-state index in [9.17, 15) is 0 Å². The first-order valence-corrected chi connectivity index (χ1v) is 7.67. The Bertz CT molecular complexity index is 758. The first-order chi connectivity index (χ1) is 11.3. The van der Waals surface area contributed by atoms with Crippen molar-refractivity contribution in [3.63, 3.8) is 0 Å². The van der Waals surface area contributed by atoms with Gasteiger partial charge in [-0.15, -0.1) is 0 Å². The normalized spacial score (nSPS) is 10.5. The molecule has 0 bridgehead atoms. The zero-order chi connectivity index (χ0) is 16.1. The van der Waals surface area contributed by atoms with Crippen molar-refractivity contribution in [2.45, 2.75) is 13.3 Å². The lowest BCUT2D eigenvalue weighted by molar-refractivity contribution is 0.315. The number of hydrogen-bond acceptors (Lipinski definition) is 5. The van der Waals surface area contributed by atoms with E-state index in [0.29, 0.717) is 29.0 Å². The molecular formula is C17H15ClN4O. The van der Waals surface area contributed by atoms with Crippen molar-refractivity contribution < 1.29 is 4.74 Å². The molecule has 0 aliphatic carbocycles. The minimum Gasteiger partial charge on any atom is -0.490 e. The van der Waals surface area contributed by atoms with Crippen molar-refractivity contribution in [2.75, 3.05) is 6.61 Å². The third-order valence-corrected chi connectivity index (χ3v) is 3.37. The van der Waals surface area contributed by atoms with Crippen LogP contribution in [0.15, 0.2) is 49.1 Å². The first-order valence-electron chi connectivity index (χ1n) is 7.29. The number of ether oxygens (including phenoxy) is 1. The van der Waals surface area contributed by atoms with Crippen LogP contribution in [0.2, 0.25) is 5.02 Å². The number of aromatic nitrogens is 4. The average molecular weight is 327 g/mol. The molecule has 0 amide bonds. The monoisotopic (exact) mass is 326 g/mol. The number of hydrogen-bond donors (Lipinski definition) is 0. The Morgan fingerprint density at radius 3 is 2.00 bits per heavy atom. The van der Waals surface area contributed by atoms with Crippen molar-refractivity contribution in [2.24, 2.45) is 0 Å². The summed E-state index contributed by atoms with van der Waals surface area (Å²) in [4.78, 5) is 17.3. The Hall–Kier alpha value is -2.53. The summed E-state index contributed by atoms with van der Waals surface area (Å²) in [5, 5.41) is 0.684. The number of halogens is 1. The molecule has 0 saturated carbocycles. The van der Waals surface area contributed by atoms with Crippen LogP contribution in [0.1, 0.15) is 13.3 Å². The fraction of sp³-hybridized carbons (Fsp3) is 0.176. The minimum atomic E-state index is 0.566. The molecule has 116 valence electrons. The molecule has 0 saturated heterocycles. The quantitative estimate of drug-likeness (QED) is 0.708. The predicted molar refractivity (Wildman–Crippen MR) is 89.3 cm³/mol. The Morgan fingerprint density at radius 2 is 1.39 bits per heavy atom. The van der Waals surface area contributed by atoms with E-state index in [1.165, 1.54) is 0 Å². The number of benzene rings is 1. The standard InChI is InChI=1S/C17H15ClN4O/c1-2-7-23-15-10-21-17(22-11-15)13-8-19-16(20-9-13)12-3-5-14(18)6-4-12/h3-6,8-11H,2,7H2,1H3. The van der Waals surface area contributed by atoms with Gasteiger partial charge in [0, 0.05) is 23.0 Å². The lowest BCUT2D eigenvalue weighted by Gasteiger charge is -2.05. The van der Waals surface area contributed by atoms with Gasteiger partial charge in [0.2, 0.25) is 0 Å². The van der Waals surface area contributed by atoms with Crippen LogP contribution in [0, 0.1) is 0 Å². The summed E-state index contributed by atoms with van der Waals surface area (Å²) in [6.07, 6.45) is 7.68. The van der Waals surface area contributed by atoms with E-state index >= 15 is 0 Å². The third-order valence-electron chi connectivity index (χ3n) is 3.11. The Labute approximate surface area is 139 Å². The zero-order valence-electron chi connectivity index (χ0n) is 12.6. The molecule has 3 aromatic rings. The van der Waals surface area contributed by atoms with Gasteiger partial charge in [0.15, 0.2) is 17.4 Å². The lowest BCUT2D eigenvalue weighted by Crippen LogP contribution is -1.98. The molecular weight excluding hydrogens is 312 g/mol. The second-order valence-corrected chi connectivity index (χ2v) is 5.33. The van der Waals surface area contributed by atoms with E-state index in [1.807, 2.05) is 24.3 Å². The summed E-state index contributed by atoms with van der Waals surface area (Å²) in [5.74, 6) is 1.86. The van der Waals surface area contributed by atoms with Crippen molar-refractivity contribution >= 4 is 11.6 Å². The van der Waals surface area contributed by atoms with Crippen LogP contribution in [0.3, 0.4) is 0 Å². The van der Waals surface area contributed by atoms with Gasteiger partial charge in [-0.25, -0.2) is 19.9 Å². The van der Waals surface area contributed by atoms with Gasteiger partial charge in [0.25, 0.3) is 0 Å². The highest BCUT2D eigenvalue weighted by Crippen LogP contribution is 2.20. The summed E-state index contributed by atoms with van der Waals surface area (Å²) in [6.45, 7) is 2.70. The Morgan fingerprint density at radius 1 is 0.826 bits per heavy atom. The van der Waals surface area contributed by atoms with Gasteiger partial charge in [-0.1, -0.05) is 18.5 Å². The molecule has 0 spiro atoms. The Kier molecular flexibility index (Phi) is 4.78. The highest BCUT2D eigenvalue weighted by molar-refractivity contribution is 6.30. The van der Waals surface area contributed by atoms with Gasteiger partial charge >= 0.3 is 0 Å². The average Bonchev–Trinajstić information content (AvgIpc) is 2.61. The van der Waals surface area contributed by atoms with Gasteiger partial charge in [-0.3, -0.25) is 0 Å². The highest BCUT2D eigenvalue weighted by Gasteiger charge is 2.06. The third kappa shape index (κ3) is 3.81. The van der Waals surface area contributed by atoms with Crippen LogP contribution in [0.5, 0.6) is 5.75 Å². The van der Waals surface area contributed by atoms with Gasteiger partial charge in [0.05, 0.1) is 24.6 Å². The molecule has 3 rings (SSSR count). The lowest BCUT2D eigenvalue weighted by atomic mass is 10.2. The molecule has 0 fully saturated rings. The summed E-state index contributed by atoms with van der Waals surface area (Å²) in [6, 6.07) is 7.39. The second-order valence-electron chi connectivity index (χ2n) is 4.89. The molecule has 0 unspecified atom stereocenters. The summed E-state index contributed by atoms with van der Waals surface area (Å²) < 4.78 is 5.47. The molecule has 1 aromatic carbocycles. The highest BCUT2D eigenvalue weighted by atomic mass is 35.5. The van der Waals surface area contributed by atoms with Crippen LogP contribution < -0.4 is 4.74 Å². The van der Waals surface area contributed by atoms with Gasteiger partial charge in [0.1, 0.15) is 0 Å². The Balaban J connectivity index is 1.77. The van der Waals surface area contributed by atoms with E-state index < -0.39 is 0 Å². The van der Waals surface area contributed by atoms with Crippen LogP contribution in [0.4, 0.5) is 0 Å². The van der Waals surface area contributed by atoms with Crippen molar-refractivity contribution in [1.29, 1.82) is 0 Å². The van der Waals surface area contributed by atoms with Crippen molar-refractivity contribution in [3.8, 4) is 28.5 Å². The fourth-order valence-corrected chi connectivity index (χ4v) is 2.08. The van der Waals surface area contributed by atoms with Gasteiger partial charge in [-0.05, 0) is 30.7 Å².